The number of carbonyl (C=O) groups excluding carboxylic acids is 1. The Bertz CT molecular complexity index is 669. The molecule has 22 heavy (non-hydrogen) atoms. The fourth-order valence-electron chi connectivity index (χ4n) is 2.76. The minimum Gasteiger partial charge on any atom is -0.493 e. The second-order valence-electron chi connectivity index (χ2n) is 5.35. The first-order valence-corrected chi connectivity index (χ1v) is 7.34. The van der Waals surface area contributed by atoms with E-state index in [-0.39, 0.29) is 18.6 Å². The average molecular weight is 297 g/mol. The van der Waals surface area contributed by atoms with Crippen molar-refractivity contribution < 1.29 is 14.3 Å². The van der Waals surface area contributed by atoms with Crippen LogP contribution in [0.4, 0.5) is 0 Å². The van der Waals surface area contributed by atoms with Crippen molar-refractivity contribution in [2.24, 2.45) is 0 Å². The largest absolute Gasteiger partial charge is 0.493 e. The third-order valence-electron chi connectivity index (χ3n) is 4.03. The lowest BCUT2D eigenvalue weighted by molar-refractivity contribution is -0.135. The van der Waals surface area contributed by atoms with Gasteiger partial charge in [0.25, 0.3) is 5.91 Å². The lowest BCUT2D eigenvalue weighted by atomic mass is 10.1. The maximum Gasteiger partial charge on any atom is 0.261 e. The molecule has 0 N–H and O–H groups in total. The zero-order valence-corrected chi connectivity index (χ0v) is 12.8. The quantitative estimate of drug-likeness (QED) is 0.873. The highest BCUT2D eigenvalue weighted by atomic mass is 16.5. The van der Waals surface area contributed by atoms with E-state index < -0.39 is 0 Å². The number of rotatable bonds is 3. The van der Waals surface area contributed by atoms with Gasteiger partial charge in [0.05, 0.1) is 19.7 Å². The summed E-state index contributed by atoms with van der Waals surface area (Å²) in [5.74, 6) is 1.32. The molecule has 114 valence electrons. The van der Waals surface area contributed by atoms with Gasteiger partial charge in [-0.05, 0) is 18.6 Å². The molecule has 0 unspecified atom stereocenters. The van der Waals surface area contributed by atoms with Gasteiger partial charge in [-0.2, -0.15) is 0 Å². The normalized spacial score (nSPS) is 15.5. The molecule has 4 heteroatoms. The van der Waals surface area contributed by atoms with Crippen LogP contribution in [0.1, 0.15) is 24.1 Å². The molecule has 0 fully saturated rings. The lowest BCUT2D eigenvalue weighted by Gasteiger charge is -2.27. The predicted octanol–water partition coefficient (Wildman–Crippen LogP) is 3.18. The number of hydrogen-bond acceptors (Lipinski definition) is 3. The van der Waals surface area contributed by atoms with Crippen LogP contribution in [-0.4, -0.2) is 24.5 Å². The summed E-state index contributed by atoms with van der Waals surface area (Å²) in [6, 6.07) is 15.8. The molecule has 0 spiro atoms. The van der Waals surface area contributed by atoms with Gasteiger partial charge in [0.1, 0.15) is 0 Å². The van der Waals surface area contributed by atoms with Crippen molar-refractivity contribution in [3.8, 4) is 11.5 Å². The van der Waals surface area contributed by atoms with Gasteiger partial charge < -0.3 is 14.4 Å². The Kier molecular flexibility index (Phi) is 4.00. The molecule has 2 aromatic carbocycles. The van der Waals surface area contributed by atoms with E-state index in [9.17, 15) is 4.79 Å². The first-order valence-electron chi connectivity index (χ1n) is 7.34. The van der Waals surface area contributed by atoms with Gasteiger partial charge in [0, 0.05) is 5.56 Å². The molecular weight excluding hydrogens is 278 g/mol. The maximum atomic E-state index is 12.5. The number of hydrogen-bond donors (Lipinski definition) is 0. The second-order valence-corrected chi connectivity index (χ2v) is 5.35. The molecular formula is C18H19NO3. The van der Waals surface area contributed by atoms with E-state index in [1.54, 1.807) is 7.11 Å². The Balaban J connectivity index is 1.94. The number of methoxy groups -OCH3 is 1. The van der Waals surface area contributed by atoms with Crippen LogP contribution in [0, 0.1) is 0 Å². The van der Waals surface area contributed by atoms with Crippen molar-refractivity contribution in [1.29, 1.82) is 0 Å². The highest BCUT2D eigenvalue weighted by Crippen LogP contribution is 2.35. The smallest absolute Gasteiger partial charge is 0.261 e. The minimum absolute atomic E-state index is 0.00514. The molecule has 1 aliphatic heterocycles. The van der Waals surface area contributed by atoms with Crippen molar-refractivity contribution in [1.82, 2.24) is 4.90 Å². The number of nitrogens with zero attached hydrogens (tertiary/aromatic N) is 1. The zero-order chi connectivity index (χ0) is 15.5. The van der Waals surface area contributed by atoms with Gasteiger partial charge in [-0.3, -0.25) is 4.79 Å². The number of fused-ring (bicyclic) bond motifs is 1. The van der Waals surface area contributed by atoms with E-state index >= 15 is 0 Å². The first-order chi connectivity index (χ1) is 10.7. The molecule has 1 aliphatic rings. The molecule has 1 atom stereocenters. The van der Waals surface area contributed by atoms with Crippen molar-refractivity contribution in [3.63, 3.8) is 0 Å². The van der Waals surface area contributed by atoms with Gasteiger partial charge in [-0.25, -0.2) is 0 Å². The Hall–Kier alpha value is -2.49. The van der Waals surface area contributed by atoms with Crippen LogP contribution >= 0.6 is 0 Å². The van der Waals surface area contributed by atoms with Crippen LogP contribution in [0.2, 0.25) is 0 Å². The predicted molar refractivity (Wildman–Crippen MR) is 83.9 cm³/mol. The van der Waals surface area contributed by atoms with Crippen molar-refractivity contribution >= 4 is 5.91 Å². The van der Waals surface area contributed by atoms with Crippen LogP contribution in [0.15, 0.2) is 48.5 Å². The van der Waals surface area contributed by atoms with Gasteiger partial charge in [0.15, 0.2) is 18.1 Å². The van der Waals surface area contributed by atoms with Crippen LogP contribution in [0.25, 0.3) is 0 Å². The molecule has 3 rings (SSSR count). The molecule has 1 amide bonds. The Labute approximate surface area is 130 Å². The van der Waals surface area contributed by atoms with Crippen molar-refractivity contribution in [3.05, 3.63) is 59.7 Å². The third kappa shape index (κ3) is 2.64. The fourth-order valence-corrected chi connectivity index (χ4v) is 2.76. The summed E-state index contributed by atoms with van der Waals surface area (Å²) < 4.78 is 11.0. The van der Waals surface area contributed by atoms with Crippen molar-refractivity contribution in [2.45, 2.75) is 19.5 Å². The van der Waals surface area contributed by atoms with Gasteiger partial charge >= 0.3 is 0 Å². The number of amides is 1. The summed E-state index contributed by atoms with van der Waals surface area (Å²) in [5.41, 5.74) is 2.08. The summed E-state index contributed by atoms with van der Waals surface area (Å²) in [5, 5.41) is 0. The van der Waals surface area contributed by atoms with Crippen molar-refractivity contribution in [2.75, 3.05) is 13.7 Å². The monoisotopic (exact) mass is 297 g/mol. The highest BCUT2D eigenvalue weighted by Gasteiger charge is 2.27. The molecule has 1 heterocycles. The van der Waals surface area contributed by atoms with E-state index in [4.69, 9.17) is 9.47 Å². The molecule has 4 nitrogen and oxygen atoms in total. The van der Waals surface area contributed by atoms with E-state index in [0.29, 0.717) is 18.0 Å². The standard InChI is InChI=1S/C18H19NO3/c1-13(14-7-4-3-5-8-14)19-11-15-9-6-10-16(21-2)18(15)22-12-17(19)20/h3-10,13H,11-12H2,1-2H3/t13-/m1/s1. The van der Waals surface area contributed by atoms with Crippen LogP contribution in [0.3, 0.4) is 0 Å². The average Bonchev–Trinajstić information content (AvgIpc) is 2.74. The molecule has 0 saturated heterocycles. The number of carbonyl (C=O) groups is 1. The lowest BCUT2D eigenvalue weighted by Crippen LogP contribution is -2.34. The number of para-hydroxylation sites is 1. The summed E-state index contributed by atoms with van der Waals surface area (Å²) in [4.78, 5) is 14.3. The minimum atomic E-state index is -0.0189. The highest BCUT2D eigenvalue weighted by molar-refractivity contribution is 5.79. The topological polar surface area (TPSA) is 38.8 Å². The Morgan fingerprint density at radius 3 is 2.64 bits per heavy atom. The van der Waals surface area contributed by atoms with E-state index in [0.717, 1.165) is 11.1 Å². The van der Waals surface area contributed by atoms with Crippen LogP contribution in [-0.2, 0) is 11.3 Å². The Morgan fingerprint density at radius 2 is 1.91 bits per heavy atom. The summed E-state index contributed by atoms with van der Waals surface area (Å²) in [6.07, 6.45) is 0. The summed E-state index contributed by atoms with van der Waals surface area (Å²) in [6.45, 7) is 2.59. The molecule has 2 aromatic rings. The summed E-state index contributed by atoms with van der Waals surface area (Å²) >= 11 is 0. The van der Waals surface area contributed by atoms with Gasteiger partial charge in [-0.15, -0.1) is 0 Å². The third-order valence-corrected chi connectivity index (χ3v) is 4.03. The fraction of sp³-hybridized carbons (Fsp3) is 0.278. The van der Waals surface area contributed by atoms with E-state index in [2.05, 4.69) is 0 Å². The maximum absolute atomic E-state index is 12.5. The zero-order valence-electron chi connectivity index (χ0n) is 12.8. The summed E-state index contributed by atoms with van der Waals surface area (Å²) in [7, 11) is 1.61. The number of benzene rings is 2. The molecule has 0 bridgehead atoms. The van der Waals surface area contributed by atoms with Gasteiger partial charge in [0.2, 0.25) is 0 Å². The van der Waals surface area contributed by atoms with Gasteiger partial charge in [-0.1, -0.05) is 42.5 Å². The second kappa shape index (κ2) is 6.10. The van der Waals surface area contributed by atoms with Crippen LogP contribution < -0.4 is 9.47 Å². The Morgan fingerprint density at radius 1 is 1.14 bits per heavy atom. The molecule has 0 saturated carbocycles. The van der Waals surface area contributed by atoms with Crippen LogP contribution in [0.5, 0.6) is 11.5 Å². The number of ether oxygens (including phenoxy) is 2. The molecule has 0 radical (unpaired) electrons. The van der Waals surface area contributed by atoms with E-state index in [1.165, 1.54) is 0 Å². The molecule has 0 aliphatic carbocycles. The SMILES string of the molecule is COc1cccc2c1OCC(=O)N([C@H](C)c1ccccc1)C2. The molecule has 0 aromatic heterocycles. The first kappa shape index (κ1) is 14.4. The van der Waals surface area contributed by atoms with E-state index in [1.807, 2.05) is 60.4 Å².